The standard InChI is InChI=1S/C10H13ClO6S2/c1-16-9-7(6-19(11,14)15)4-5-8(10(9)17-2)18(3,12)13/h4-5H,6H2,1-3H3. The minimum absolute atomic E-state index is 0.0367. The van der Waals surface area contributed by atoms with Gasteiger partial charge in [0.25, 0.3) is 0 Å². The number of methoxy groups -OCH3 is 2. The normalized spacial score (nSPS) is 12.2. The minimum Gasteiger partial charge on any atom is -0.492 e. The molecular weight excluding hydrogens is 316 g/mol. The van der Waals surface area contributed by atoms with E-state index in [4.69, 9.17) is 20.2 Å². The molecule has 0 saturated heterocycles. The lowest BCUT2D eigenvalue weighted by Gasteiger charge is -2.14. The molecule has 1 aromatic rings. The van der Waals surface area contributed by atoms with Gasteiger partial charge in [0.2, 0.25) is 9.05 Å². The van der Waals surface area contributed by atoms with Gasteiger partial charge in [-0.1, -0.05) is 6.07 Å². The summed E-state index contributed by atoms with van der Waals surface area (Å²) in [6.07, 6.45) is 1.02. The van der Waals surface area contributed by atoms with Crippen LogP contribution in [0.5, 0.6) is 11.5 Å². The average Bonchev–Trinajstić information content (AvgIpc) is 2.24. The maximum absolute atomic E-state index is 11.6. The van der Waals surface area contributed by atoms with E-state index in [1.165, 1.54) is 26.4 Å². The van der Waals surface area contributed by atoms with Crippen LogP contribution in [-0.4, -0.2) is 37.3 Å². The Morgan fingerprint density at radius 1 is 1.05 bits per heavy atom. The van der Waals surface area contributed by atoms with Gasteiger partial charge < -0.3 is 9.47 Å². The van der Waals surface area contributed by atoms with Gasteiger partial charge >= 0.3 is 0 Å². The van der Waals surface area contributed by atoms with E-state index in [9.17, 15) is 16.8 Å². The van der Waals surface area contributed by atoms with Crippen molar-refractivity contribution in [3.63, 3.8) is 0 Å². The topological polar surface area (TPSA) is 86.7 Å². The van der Waals surface area contributed by atoms with Crippen molar-refractivity contribution in [2.45, 2.75) is 10.6 Å². The summed E-state index contributed by atoms with van der Waals surface area (Å²) < 4.78 is 55.4. The Kier molecular flexibility index (Phi) is 4.70. The molecule has 6 nitrogen and oxygen atoms in total. The number of halogens is 1. The van der Waals surface area contributed by atoms with E-state index in [0.29, 0.717) is 0 Å². The first-order valence-electron chi connectivity index (χ1n) is 4.96. The Hall–Kier alpha value is -0.990. The molecule has 1 rings (SSSR count). The molecule has 19 heavy (non-hydrogen) atoms. The van der Waals surface area contributed by atoms with Crippen molar-refractivity contribution in [3.05, 3.63) is 17.7 Å². The van der Waals surface area contributed by atoms with Crippen LogP contribution in [0.1, 0.15) is 5.56 Å². The lowest BCUT2D eigenvalue weighted by molar-refractivity contribution is 0.344. The second-order valence-corrected chi connectivity index (χ2v) is 8.51. The average molecular weight is 329 g/mol. The fourth-order valence-corrected chi connectivity index (χ4v) is 3.37. The third-order valence-corrected chi connectivity index (χ3v) is 4.40. The highest BCUT2D eigenvalue weighted by molar-refractivity contribution is 8.13. The second-order valence-electron chi connectivity index (χ2n) is 3.74. The maximum atomic E-state index is 11.6. The molecule has 0 saturated carbocycles. The van der Waals surface area contributed by atoms with Crippen molar-refractivity contribution in [3.8, 4) is 11.5 Å². The Morgan fingerprint density at radius 3 is 1.95 bits per heavy atom. The Morgan fingerprint density at radius 2 is 1.58 bits per heavy atom. The van der Waals surface area contributed by atoms with E-state index >= 15 is 0 Å². The van der Waals surface area contributed by atoms with E-state index < -0.39 is 24.6 Å². The van der Waals surface area contributed by atoms with Crippen LogP contribution in [0, 0.1) is 0 Å². The molecule has 0 atom stereocenters. The van der Waals surface area contributed by atoms with Crippen molar-refractivity contribution >= 4 is 29.6 Å². The van der Waals surface area contributed by atoms with E-state index in [1.807, 2.05) is 0 Å². The molecule has 0 unspecified atom stereocenters. The fraction of sp³-hybridized carbons (Fsp3) is 0.400. The molecule has 0 bridgehead atoms. The molecule has 0 amide bonds. The SMILES string of the molecule is COc1c(CS(=O)(=O)Cl)ccc(S(C)(=O)=O)c1OC. The number of ether oxygens (including phenoxy) is 2. The summed E-state index contributed by atoms with van der Waals surface area (Å²) in [4.78, 5) is -0.0810. The Balaban J connectivity index is 3.57. The highest BCUT2D eigenvalue weighted by Gasteiger charge is 2.23. The van der Waals surface area contributed by atoms with Gasteiger partial charge in [-0.25, -0.2) is 16.8 Å². The molecule has 0 fully saturated rings. The van der Waals surface area contributed by atoms with Gasteiger partial charge in [-0.15, -0.1) is 0 Å². The molecule has 0 spiro atoms. The summed E-state index contributed by atoms with van der Waals surface area (Å²) in [6, 6.07) is 2.59. The summed E-state index contributed by atoms with van der Waals surface area (Å²) in [5, 5.41) is 0. The number of hydrogen-bond donors (Lipinski definition) is 0. The molecule has 9 heteroatoms. The van der Waals surface area contributed by atoms with Crippen molar-refractivity contribution in [1.29, 1.82) is 0 Å². The first-order valence-corrected chi connectivity index (χ1v) is 9.33. The number of hydrogen-bond acceptors (Lipinski definition) is 6. The molecule has 1 aromatic carbocycles. The smallest absolute Gasteiger partial charge is 0.236 e. The van der Waals surface area contributed by atoms with E-state index in [-0.39, 0.29) is 22.0 Å². The van der Waals surface area contributed by atoms with Crippen LogP contribution in [0.25, 0.3) is 0 Å². The molecular formula is C10H13ClO6S2. The van der Waals surface area contributed by atoms with Crippen LogP contribution < -0.4 is 9.47 Å². The van der Waals surface area contributed by atoms with Crippen LogP contribution in [0.2, 0.25) is 0 Å². The predicted molar refractivity (Wildman–Crippen MR) is 71.1 cm³/mol. The van der Waals surface area contributed by atoms with Gasteiger partial charge in [0.05, 0.1) is 20.0 Å². The lowest BCUT2D eigenvalue weighted by Crippen LogP contribution is -2.06. The van der Waals surface area contributed by atoms with Gasteiger partial charge in [0.1, 0.15) is 4.90 Å². The lowest BCUT2D eigenvalue weighted by atomic mass is 10.2. The van der Waals surface area contributed by atoms with Crippen molar-refractivity contribution < 1.29 is 26.3 Å². The van der Waals surface area contributed by atoms with Crippen LogP contribution in [-0.2, 0) is 24.6 Å². The molecule has 0 radical (unpaired) electrons. The van der Waals surface area contributed by atoms with E-state index in [2.05, 4.69) is 0 Å². The van der Waals surface area contributed by atoms with Gasteiger partial charge in [0, 0.05) is 22.5 Å². The van der Waals surface area contributed by atoms with Crippen LogP contribution in [0.3, 0.4) is 0 Å². The molecule has 0 aliphatic rings. The summed E-state index contributed by atoms with van der Waals surface area (Å²) >= 11 is 0. The largest absolute Gasteiger partial charge is 0.492 e. The molecule has 0 N–H and O–H groups in total. The van der Waals surface area contributed by atoms with Crippen molar-refractivity contribution in [2.75, 3.05) is 20.5 Å². The number of benzene rings is 1. The van der Waals surface area contributed by atoms with E-state index in [0.717, 1.165) is 6.26 Å². The zero-order chi connectivity index (χ0) is 14.8. The first-order chi connectivity index (χ1) is 8.60. The molecule has 0 aliphatic carbocycles. The fourth-order valence-electron chi connectivity index (χ4n) is 1.59. The first kappa shape index (κ1) is 16.1. The summed E-state index contributed by atoms with van der Waals surface area (Å²) in [6.45, 7) is 0. The summed E-state index contributed by atoms with van der Waals surface area (Å²) in [5.41, 5.74) is 0.224. The zero-order valence-corrected chi connectivity index (χ0v) is 12.9. The van der Waals surface area contributed by atoms with Gasteiger partial charge in [-0.2, -0.15) is 0 Å². The van der Waals surface area contributed by atoms with E-state index in [1.54, 1.807) is 0 Å². The third kappa shape index (κ3) is 3.99. The van der Waals surface area contributed by atoms with Crippen molar-refractivity contribution in [1.82, 2.24) is 0 Å². The Bertz CT molecular complexity index is 678. The van der Waals surface area contributed by atoms with Crippen LogP contribution in [0.4, 0.5) is 0 Å². The van der Waals surface area contributed by atoms with Gasteiger partial charge in [0.15, 0.2) is 21.3 Å². The highest BCUT2D eigenvalue weighted by atomic mass is 35.7. The zero-order valence-electron chi connectivity index (χ0n) is 10.5. The van der Waals surface area contributed by atoms with Crippen molar-refractivity contribution in [2.24, 2.45) is 0 Å². The molecule has 108 valence electrons. The molecule has 0 aromatic heterocycles. The monoisotopic (exact) mass is 328 g/mol. The third-order valence-electron chi connectivity index (χ3n) is 2.29. The maximum Gasteiger partial charge on any atom is 0.236 e. The number of sulfone groups is 1. The molecule has 0 aliphatic heterocycles. The Labute approximate surface area is 116 Å². The van der Waals surface area contributed by atoms with Gasteiger partial charge in [-0.05, 0) is 6.07 Å². The molecule has 0 heterocycles. The van der Waals surface area contributed by atoms with Crippen LogP contribution in [0.15, 0.2) is 17.0 Å². The summed E-state index contributed by atoms with van der Waals surface area (Å²) in [7, 11) is 0.413. The second kappa shape index (κ2) is 5.56. The van der Waals surface area contributed by atoms with Gasteiger partial charge in [-0.3, -0.25) is 0 Å². The highest BCUT2D eigenvalue weighted by Crippen LogP contribution is 2.38. The number of rotatable bonds is 5. The predicted octanol–water partition coefficient (Wildman–Crippen LogP) is 1.18. The van der Waals surface area contributed by atoms with Crippen LogP contribution >= 0.6 is 10.7 Å². The quantitative estimate of drug-likeness (QED) is 0.754. The summed E-state index contributed by atoms with van der Waals surface area (Å²) in [5.74, 6) is -0.490. The minimum atomic E-state index is -3.80.